The van der Waals surface area contributed by atoms with Gasteiger partial charge in [0.05, 0.1) is 6.04 Å². The summed E-state index contributed by atoms with van der Waals surface area (Å²) < 4.78 is 0. The summed E-state index contributed by atoms with van der Waals surface area (Å²) in [4.78, 5) is 12.8. The van der Waals surface area contributed by atoms with Crippen LogP contribution in [0.2, 0.25) is 0 Å². The highest BCUT2D eigenvalue weighted by atomic mass is 32.1. The SMILES string of the molecule is CC(C)NCCC(=O)N[C@@H](C)c1cccs1. The second kappa shape index (κ2) is 6.66. The topological polar surface area (TPSA) is 41.1 Å². The third-order valence-corrected chi connectivity index (χ3v) is 3.31. The van der Waals surface area contributed by atoms with E-state index in [9.17, 15) is 4.79 Å². The largest absolute Gasteiger partial charge is 0.349 e. The molecule has 1 heterocycles. The molecule has 0 saturated heterocycles. The minimum atomic E-state index is 0.106. The molecular formula is C12H20N2OS. The van der Waals surface area contributed by atoms with Gasteiger partial charge in [0.15, 0.2) is 0 Å². The molecule has 0 spiro atoms. The van der Waals surface area contributed by atoms with E-state index in [1.807, 2.05) is 24.4 Å². The first-order valence-electron chi connectivity index (χ1n) is 5.65. The first-order valence-corrected chi connectivity index (χ1v) is 6.53. The maximum Gasteiger partial charge on any atom is 0.221 e. The van der Waals surface area contributed by atoms with Gasteiger partial charge < -0.3 is 10.6 Å². The van der Waals surface area contributed by atoms with E-state index in [0.717, 1.165) is 6.54 Å². The number of carbonyl (C=O) groups is 1. The van der Waals surface area contributed by atoms with E-state index < -0.39 is 0 Å². The molecule has 90 valence electrons. The number of amides is 1. The Morgan fingerprint density at radius 3 is 2.75 bits per heavy atom. The summed E-state index contributed by atoms with van der Waals surface area (Å²) in [6.45, 7) is 6.90. The smallest absolute Gasteiger partial charge is 0.221 e. The van der Waals surface area contributed by atoms with Crippen molar-refractivity contribution in [2.75, 3.05) is 6.54 Å². The molecule has 0 saturated carbocycles. The minimum Gasteiger partial charge on any atom is -0.349 e. The molecule has 2 N–H and O–H groups in total. The van der Waals surface area contributed by atoms with Crippen LogP contribution in [0.3, 0.4) is 0 Å². The second-order valence-corrected chi connectivity index (χ2v) is 5.14. The number of carbonyl (C=O) groups excluding carboxylic acids is 1. The van der Waals surface area contributed by atoms with E-state index in [1.54, 1.807) is 11.3 Å². The van der Waals surface area contributed by atoms with Crippen LogP contribution >= 0.6 is 11.3 Å². The normalized spacial score (nSPS) is 12.8. The van der Waals surface area contributed by atoms with Gasteiger partial charge in [0.25, 0.3) is 0 Å². The fourth-order valence-corrected chi connectivity index (χ4v) is 2.13. The van der Waals surface area contributed by atoms with Crippen LogP contribution in [-0.4, -0.2) is 18.5 Å². The van der Waals surface area contributed by atoms with Gasteiger partial charge in [0.1, 0.15) is 0 Å². The summed E-state index contributed by atoms with van der Waals surface area (Å²) in [5.74, 6) is 0.106. The van der Waals surface area contributed by atoms with Gasteiger partial charge in [-0.25, -0.2) is 0 Å². The van der Waals surface area contributed by atoms with Crippen molar-refractivity contribution in [3.8, 4) is 0 Å². The third-order valence-electron chi connectivity index (χ3n) is 2.25. The zero-order valence-corrected chi connectivity index (χ0v) is 10.9. The monoisotopic (exact) mass is 240 g/mol. The molecular weight excluding hydrogens is 220 g/mol. The van der Waals surface area contributed by atoms with Gasteiger partial charge in [-0.2, -0.15) is 0 Å². The number of rotatable bonds is 6. The first kappa shape index (κ1) is 13.2. The maximum atomic E-state index is 11.6. The Balaban J connectivity index is 2.24. The predicted octanol–water partition coefficient (Wildman–Crippen LogP) is 2.31. The quantitative estimate of drug-likeness (QED) is 0.801. The van der Waals surface area contributed by atoms with Crippen LogP contribution in [0.4, 0.5) is 0 Å². The van der Waals surface area contributed by atoms with Crippen LogP contribution in [0, 0.1) is 0 Å². The highest BCUT2D eigenvalue weighted by molar-refractivity contribution is 7.10. The molecule has 1 rings (SSSR count). The molecule has 1 amide bonds. The lowest BCUT2D eigenvalue weighted by atomic mass is 10.2. The highest BCUT2D eigenvalue weighted by Crippen LogP contribution is 2.17. The maximum absolute atomic E-state index is 11.6. The Bertz CT molecular complexity index is 309. The molecule has 1 atom stereocenters. The van der Waals surface area contributed by atoms with Crippen molar-refractivity contribution in [1.29, 1.82) is 0 Å². The summed E-state index contributed by atoms with van der Waals surface area (Å²) in [5.41, 5.74) is 0. The van der Waals surface area contributed by atoms with Crippen molar-refractivity contribution in [3.63, 3.8) is 0 Å². The Labute approximate surface area is 101 Å². The Morgan fingerprint density at radius 2 is 2.19 bits per heavy atom. The van der Waals surface area contributed by atoms with Crippen molar-refractivity contribution in [2.45, 2.75) is 39.3 Å². The van der Waals surface area contributed by atoms with E-state index in [2.05, 4.69) is 24.5 Å². The summed E-state index contributed by atoms with van der Waals surface area (Å²) in [5, 5.41) is 8.24. The summed E-state index contributed by atoms with van der Waals surface area (Å²) in [6, 6.07) is 4.60. The average molecular weight is 240 g/mol. The predicted molar refractivity (Wildman–Crippen MR) is 68.6 cm³/mol. The highest BCUT2D eigenvalue weighted by Gasteiger charge is 2.09. The van der Waals surface area contributed by atoms with E-state index in [0.29, 0.717) is 12.5 Å². The molecule has 4 heteroatoms. The second-order valence-electron chi connectivity index (χ2n) is 4.16. The van der Waals surface area contributed by atoms with Gasteiger partial charge in [-0.05, 0) is 18.4 Å². The molecule has 16 heavy (non-hydrogen) atoms. The van der Waals surface area contributed by atoms with Crippen molar-refractivity contribution in [1.82, 2.24) is 10.6 Å². The fourth-order valence-electron chi connectivity index (χ4n) is 1.40. The molecule has 0 aromatic carbocycles. The van der Waals surface area contributed by atoms with E-state index in [4.69, 9.17) is 0 Å². The molecule has 1 aromatic heterocycles. The lowest BCUT2D eigenvalue weighted by molar-refractivity contribution is -0.121. The van der Waals surface area contributed by atoms with Crippen LogP contribution in [0.5, 0.6) is 0 Å². The van der Waals surface area contributed by atoms with Gasteiger partial charge in [-0.3, -0.25) is 4.79 Å². The Morgan fingerprint density at radius 1 is 1.44 bits per heavy atom. The fraction of sp³-hybridized carbons (Fsp3) is 0.583. The molecule has 0 radical (unpaired) electrons. The number of hydrogen-bond acceptors (Lipinski definition) is 3. The van der Waals surface area contributed by atoms with Crippen molar-refractivity contribution >= 4 is 17.2 Å². The molecule has 0 aliphatic rings. The van der Waals surface area contributed by atoms with E-state index in [1.165, 1.54) is 4.88 Å². The summed E-state index contributed by atoms with van der Waals surface area (Å²) >= 11 is 1.67. The van der Waals surface area contributed by atoms with E-state index >= 15 is 0 Å². The lowest BCUT2D eigenvalue weighted by Crippen LogP contribution is -2.31. The zero-order chi connectivity index (χ0) is 12.0. The zero-order valence-electron chi connectivity index (χ0n) is 10.1. The molecule has 0 fully saturated rings. The molecule has 0 aliphatic carbocycles. The third kappa shape index (κ3) is 4.77. The molecule has 1 aromatic rings. The molecule has 3 nitrogen and oxygen atoms in total. The van der Waals surface area contributed by atoms with Crippen LogP contribution in [0.25, 0.3) is 0 Å². The van der Waals surface area contributed by atoms with Crippen molar-refractivity contribution in [3.05, 3.63) is 22.4 Å². The van der Waals surface area contributed by atoms with Gasteiger partial charge >= 0.3 is 0 Å². The number of hydrogen-bond donors (Lipinski definition) is 2. The average Bonchev–Trinajstić information content (AvgIpc) is 2.69. The Hall–Kier alpha value is -0.870. The van der Waals surface area contributed by atoms with Crippen LogP contribution in [0.1, 0.15) is 38.1 Å². The summed E-state index contributed by atoms with van der Waals surface area (Å²) in [6.07, 6.45) is 0.536. The van der Waals surface area contributed by atoms with Crippen molar-refractivity contribution < 1.29 is 4.79 Å². The minimum absolute atomic E-state index is 0.106. The first-order chi connectivity index (χ1) is 7.59. The van der Waals surface area contributed by atoms with Gasteiger partial charge in [0, 0.05) is 23.9 Å². The number of nitrogens with one attached hydrogen (secondary N) is 2. The lowest BCUT2D eigenvalue weighted by Gasteiger charge is -2.13. The van der Waals surface area contributed by atoms with Crippen molar-refractivity contribution in [2.24, 2.45) is 0 Å². The molecule has 0 unspecified atom stereocenters. The van der Waals surface area contributed by atoms with Gasteiger partial charge in [-0.1, -0.05) is 19.9 Å². The molecule has 0 aliphatic heterocycles. The van der Waals surface area contributed by atoms with Gasteiger partial charge in [0.2, 0.25) is 5.91 Å². The summed E-state index contributed by atoms with van der Waals surface area (Å²) in [7, 11) is 0. The standard InChI is InChI=1S/C12H20N2OS/c1-9(2)13-7-6-12(15)14-10(3)11-5-4-8-16-11/h4-5,8-10,13H,6-7H2,1-3H3,(H,14,15)/t10-/m0/s1. The van der Waals surface area contributed by atoms with Gasteiger partial charge in [-0.15, -0.1) is 11.3 Å². The van der Waals surface area contributed by atoms with E-state index in [-0.39, 0.29) is 11.9 Å². The molecule has 0 bridgehead atoms. The van der Waals surface area contributed by atoms with Crippen LogP contribution in [0.15, 0.2) is 17.5 Å². The van der Waals surface area contributed by atoms with Crippen LogP contribution in [-0.2, 0) is 4.79 Å². The Kier molecular flexibility index (Phi) is 5.49. The van der Waals surface area contributed by atoms with Crippen LogP contribution < -0.4 is 10.6 Å². The number of thiophene rings is 1.